The van der Waals surface area contributed by atoms with Crippen LogP contribution in [0, 0.1) is 11.8 Å². The molecule has 1 fully saturated rings. The summed E-state index contributed by atoms with van der Waals surface area (Å²) in [7, 11) is 0. The summed E-state index contributed by atoms with van der Waals surface area (Å²) in [4.78, 5) is 4.49. The number of hydrogen-bond donors (Lipinski definition) is 1. The van der Waals surface area contributed by atoms with E-state index in [1.807, 2.05) is 6.20 Å². The lowest BCUT2D eigenvalue weighted by atomic mass is 9.82. The molecule has 2 unspecified atom stereocenters. The van der Waals surface area contributed by atoms with E-state index in [4.69, 9.17) is 4.74 Å². The Hall–Kier alpha value is -0.610. The highest BCUT2D eigenvalue weighted by molar-refractivity contribution is 9.10. The van der Waals surface area contributed by atoms with Crippen molar-refractivity contribution >= 4 is 15.9 Å². The molecule has 2 rings (SSSR count). The Morgan fingerprint density at radius 1 is 1.29 bits per heavy atom. The Morgan fingerprint density at radius 3 is 2.67 bits per heavy atom. The van der Waals surface area contributed by atoms with E-state index in [-0.39, 0.29) is 0 Å². The van der Waals surface area contributed by atoms with E-state index in [0.29, 0.717) is 6.10 Å². The molecule has 118 valence electrons. The van der Waals surface area contributed by atoms with Crippen molar-refractivity contribution in [2.45, 2.75) is 59.1 Å². The zero-order valence-corrected chi connectivity index (χ0v) is 14.9. The molecule has 0 spiro atoms. The molecule has 0 radical (unpaired) electrons. The molecule has 1 aliphatic carbocycles. The van der Waals surface area contributed by atoms with Crippen molar-refractivity contribution < 1.29 is 4.74 Å². The van der Waals surface area contributed by atoms with Crippen molar-refractivity contribution in [2.24, 2.45) is 11.8 Å². The number of hydrogen-bond acceptors (Lipinski definition) is 3. The van der Waals surface area contributed by atoms with Gasteiger partial charge in [0.05, 0.1) is 0 Å². The minimum absolute atomic E-state index is 0.308. The first kappa shape index (κ1) is 16.8. The summed E-state index contributed by atoms with van der Waals surface area (Å²) >= 11 is 3.50. The average Bonchev–Trinajstić information content (AvgIpc) is 2.41. The van der Waals surface area contributed by atoms with Crippen molar-refractivity contribution in [2.75, 3.05) is 6.54 Å². The Balaban J connectivity index is 2.04. The Morgan fingerprint density at radius 2 is 2.00 bits per heavy atom. The van der Waals surface area contributed by atoms with E-state index in [2.05, 4.69) is 53.1 Å². The third-order valence-electron chi connectivity index (χ3n) is 4.05. The molecule has 1 saturated carbocycles. The van der Waals surface area contributed by atoms with Crippen molar-refractivity contribution in [1.29, 1.82) is 0 Å². The highest BCUT2D eigenvalue weighted by Gasteiger charge is 2.26. The first-order chi connectivity index (χ1) is 10.1. The number of rotatable bonds is 6. The molecule has 0 aliphatic heterocycles. The molecule has 1 heterocycles. The summed E-state index contributed by atoms with van der Waals surface area (Å²) in [5.41, 5.74) is 1.14. The fourth-order valence-electron chi connectivity index (χ4n) is 3.23. The maximum absolute atomic E-state index is 6.24. The fraction of sp³-hybridized carbons (Fsp3) is 0.706. The minimum atomic E-state index is 0.308. The van der Waals surface area contributed by atoms with E-state index >= 15 is 0 Å². The quantitative estimate of drug-likeness (QED) is 0.761. The largest absolute Gasteiger partial charge is 0.474 e. The van der Waals surface area contributed by atoms with Gasteiger partial charge in [0, 0.05) is 22.8 Å². The third-order valence-corrected chi connectivity index (χ3v) is 4.48. The zero-order chi connectivity index (χ0) is 15.2. The van der Waals surface area contributed by atoms with Gasteiger partial charge in [0.2, 0.25) is 5.88 Å². The summed E-state index contributed by atoms with van der Waals surface area (Å²) < 4.78 is 7.25. The maximum atomic E-state index is 6.24. The predicted octanol–water partition coefficient (Wildman–Crippen LogP) is 4.55. The van der Waals surface area contributed by atoms with Gasteiger partial charge < -0.3 is 10.1 Å². The number of halogens is 1. The van der Waals surface area contributed by atoms with Gasteiger partial charge in [-0.15, -0.1) is 0 Å². The van der Waals surface area contributed by atoms with Crippen LogP contribution < -0.4 is 10.1 Å². The van der Waals surface area contributed by atoms with Crippen LogP contribution in [0.1, 0.15) is 52.0 Å². The van der Waals surface area contributed by atoms with Crippen molar-refractivity contribution in [3.63, 3.8) is 0 Å². The second kappa shape index (κ2) is 8.14. The number of nitrogens with one attached hydrogen (secondary N) is 1. The second-order valence-electron chi connectivity index (χ2n) is 6.45. The molecule has 4 heteroatoms. The highest BCUT2D eigenvalue weighted by Crippen LogP contribution is 2.32. The van der Waals surface area contributed by atoms with Gasteiger partial charge in [-0.05, 0) is 66.1 Å². The van der Waals surface area contributed by atoms with Crippen molar-refractivity contribution in [3.05, 3.63) is 22.3 Å². The molecular weight excluding hydrogens is 328 g/mol. The summed E-state index contributed by atoms with van der Waals surface area (Å²) in [5, 5.41) is 3.43. The highest BCUT2D eigenvalue weighted by atomic mass is 79.9. The second-order valence-corrected chi connectivity index (χ2v) is 7.37. The summed E-state index contributed by atoms with van der Waals surface area (Å²) in [6.45, 7) is 8.65. The molecular formula is C17H27BrN2O. The molecule has 21 heavy (non-hydrogen) atoms. The molecule has 1 aromatic rings. The van der Waals surface area contributed by atoms with Crippen molar-refractivity contribution in [3.8, 4) is 5.88 Å². The van der Waals surface area contributed by atoms with E-state index in [1.54, 1.807) is 0 Å². The third kappa shape index (κ3) is 5.26. The molecule has 3 nitrogen and oxygen atoms in total. The van der Waals surface area contributed by atoms with Crippen LogP contribution in [0.5, 0.6) is 5.88 Å². The zero-order valence-electron chi connectivity index (χ0n) is 13.4. The molecule has 0 bridgehead atoms. The minimum Gasteiger partial charge on any atom is -0.474 e. The molecule has 0 aromatic carbocycles. The van der Waals surface area contributed by atoms with Crippen LogP contribution in [0.25, 0.3) is 0 Å². The van der Waals surface area contributed by atoms with Crippen LogP contribution in [-0.4, -0.2) is 17.6 Å². The number of aromatic nitrogens is 1. The number of ether oxygens (including phenoxy) is 1. The van der Waals surface area contributed by atoms with Crippen LogP contribution in [0.15, 0.2) is 16.7 Å². The van der Waals surface area contributed by atoms with Gasteiger partial charge in [-0.3, -0.25) is 0 Å². The first-order valence-corrected chi connectivity index (χ1v) is 8.89. The molecule has 0 amide bonds. The van der Waals surface area contributed by atoms with E-state index in [9.17, 15) is 0 Å². The summed E-state index contributed by atoms with van der Waals surface area (Å²) in [6.07, 6.45) is 6.87. The van der Waals surface area contributed by atoms with Gasteiger partial charge in [0.1, 0.15) is 6.10 Å². The van der Waals surface area contributed by atoms with Crippen LogP contribution in [0.4, 0.5) is 0 Å². The molecule has 1 N–H and O–H groups in total. The molecule has 1 aliphatic rings. The van der Waals surface area contributed by atoms with E-state index in [1.165, 1.54) is 6.42 Å². The summed E-state index contributed by atoms with van der Waals surface area (Å²) in [6, 6.07) is 2.11. The first-order valence-electron chi connectivity index (χ1n) is 8.10. The normalized spacial score (nSPS) is 25.8. The monoisotopic (exact) mass is 354 g/mol. The summed E-state index contributed by atoms with van der Waals surface area (Å²) in [5.74, 6) is 2.29. The average molecular weight is 355 g/mol. The molecule has 2 atom stereocenters. The van der Waals surface area contributed by atoms with Crippen LogP contribution in [0.2, 0.25) is 0 Å². The SMILES string of the molecule is CCCNCc1cc(Br)cnc1OC1CC(C)CC(C)C1. The maximum Gasteiger partial charge on any atom is 0.218 e. The molecule has 0 saturated heterocycles. The topological polar surface area (TPSA) is 34.2 Å². The van der Waals surface area contributed by atoms with Crippen molar-refractivity contribution in [1.82, 2.24) is 10.3 Å². The van der Waals surface area contributed by atoms with Gasteiger partial charge in [-0.2, -0.15) is 0 Å². The number of nitrogens with zero attached hydrogens (tertiary/aromatic N) is 1. The fourth-order valence-corrected chi connectivity index (χ4v) is 3.61. The molecule has 1 aromatic heterocycles. The Labute approximate surface area is 137 Å². The van der Waals surface area contributed by atoms with Gasteiger partial charge in [0.25, 0.3) is 0 Å². The van der Waals surface area contributed by atoms with Gasteiger partial charge in [-0.1, -0.05) is 20.8 Å². The smallest absolute Gasteiger partial charge is 0.218 e. The van der Waals surface area contributed by atoms with Gasteiger partial charge in [0.15, 0.2) is 0 Å². The lowest BCUT2D eigenvalue weighted by Gasteiger charge is -2.31. The number of pyridine rings is 1. The van der Waals surface area contributed by atoms with Crippen LogP contribution in [0.3, 0.4) is 0 Å². The lowest BCUT2D eigenvalue weighted by molar-refractivity contribution is 0.0955. The van der Waals surface area contributed by atoms with Gasteiger partial charge in [-0.25, -0.2) is 4.98 Å². The van der Waals surface area contributed by atoms with Crippen LogP contribution in [-0.2, 0) is 6.54 Å². The Bertz CT molecular complexity index is 442. The predicted molar refractivity (Wildman–Crippen MR) is 90.5 cm³/mol. The Kier molecular flexibility index (Phi) is 6.49. The van der Waals surface area contributed by atoms with E-state index < -0.39 is 0 Å². The standard InChI is InChI=1S/C17H27BrN2O/c1-4-5-19-10-14-9-15(18)11-20-17(14)21-16-7-12(2)6-13(3)8-16/h9,11-13,16,19H,4-8,10H2,1-3H3. The van der Waals surface area contributed by atoms with Crippen LogP contribution >= 0.6 is 15.9 Å². The van der Waals surface area contributed by atoms with E-state index in [0.717, 1.165) is 60.1 Å². The van der Waals surface area contributed by atoms with Gasteiger partial charge >= 0.3 is 0 Å². The lowest BCUT2D eigenvalue weighted by Crippen LogP contribution is -2.29.